The average molecular weight is 249 g/mol. The van der Waals surface area contributed by atoms with Gasteiger partial charge in [0.25, 0.3) is 0 Å². The van der Waals surface area contributed by atoms with Gasteiger partial charge < -0.3 is 0 Å². The SMILES string of the molecule is Clc1ccc(C#Cc2cncnc2Cl)cc1. The fourth-order valence-corrected chi connectivity index (χ4v) is 1.34. The molecule has 2 rings (SSSR count). The van der Waals surface area contributed by atoms with Crippen molar-refractivity contribution in [2.24, 2.45) is 0 Å². The van der Waals surface area contributed by atoms with Gasteiger partial charge in [-0.1, -0.05) is 35.0 Å². The first-order chi connectivity index (χ1) is 7.75. The van der Waals surface area contributed by atoms with Crippen LogP contribution in [0.3, 0.4) is 0 Å². The smallest absolute Gasteiger partial charge is 0.148 e. The normalized spacial score (nSPS) is 9.38. The fourth-order valence-electron chi connectivity index (χ4n) is 1.07. The van der Waals surface area contributed by atoms with Crippen LogP contribution in [0.1, 0.15) is 11.1 Å². The van der Waals surface area contributed by atoms with Crippen LogP contribution in [-0.2, 0) is 0 Å². The van der Waals surface area contributed by atoms with Crippen LogP contribution in [-0.4, -0.2) is 9.97 Å². The molecule has 2 nitrogen and oxygen atoms in total. The summed E-state index contributed by atoms with van der Waals surface area (Å²) in [6, 6.07) is 7.25. The van der Waals surface area contributed by atoms with Crippen LogP contribution in [0.4, 0.5) is 0 Å². The summed E-state index contributed by atoms with van der Waals surface area (Å²) in [5.41, 5.74) is 1.48. The van der Waals surface area contributed by atoms with E-state index >= 15 is 0 Å². The van der Waals surface area contributed by atoms with Crippen LogP contribution in [0.2, 0.25) is 10.2 Å². The van der Waals surface area contributed by atoms with Crippen molar-refractivity contribution >= 4 is 23.2 Å². The van der Waals surface area contributed by atoms with Crippen LogP contribution >= 0.6 is 23.2 Å². The number of benzene rings is 1. The van der Waals surface area contributed by atoms with E-state index in [2.05, 4.69) is 21.8 Å². The molecule has 0 amide bonds. The minimum atomic E-state index is 0.358. The van der Waals surface area contributed by atoms with E-state index < -0.39 is 0 Å². The maximum Gasteiger partial charge on any atom is 0.148 e. The molecule has 0 atom stereocenters. The second kappa shape index (κ2) is 4.98. The minimum Gasteiger partial charge on any atom is -0.243 e. The van der Waals surface area contributed by atoms with Gasteiger partial charge in [-0.05, 0) is 24.3 Å². The lowest BCUT2D eigenvalue weighted by Gasteiger charge is -1.92. The van der Waals surface area contributed by atoms with Crippen LogP contribution in [0.25, 0.3) is 0 Å². The molecule has 0 aliphatic carbocycles. The number of aromatic nitrogens is 2. The second-order valence-electron chi connectivity index (χ2n) is 2.98. The van der Waals surface area contributed by atoms with Gasteiger partial charge >= 0.3 is 0 Å². The lowest BCUT2D eigenvalue weighted by molar-refractivity contribution is 1.16. The van der Waals surface area contributed by atoms with E-state index in [0.29, 0.717) is 15.7 Å². The third-order valence-corrected chi connectivity index (χ3v) is 2.40. The highest BCUT2D eigenvalue weighted by Crippen LogP contribution is 2.10. The van der Waals surface area contributed by atoms with Gasteiger partial charge in [-0.25, -0.2) is 9.97 Å². The van der Waals surface area contributed by atoms with Crippen molar-refractivity contribution in [1.82, 2.24) is 9.97 Å². The Labute approximate surface area is 103 Å². The lowest BCUT2D eigenvalue weighted by atomic mass is 10.2. The van der Waals surface area contributed by atoms with Crippen molar-refractivity contribution in [3.05, 3.63) is 58.1 Å². The van der Waals surface area contributed by atoms with E-state index in [1.165, 1.54) is 6.33 Å². The molecule has 1 aromatic carbocycles. The third-order valence-electron chi connectivity index (χ3n) is 1.85. The first-order valence-electron chi connectivity index (χ1n) is 4.49. The quantitative estimate of drug-likeness (QED) is 0.529. The summed E-state index contributed by atoms with van der Waals surface area (Å²) in [5, 5.41) is 1.04. The first kappa shape index (κ1) is 10.9. The molecule has 0 fully saturated rings. The molecule has 0 unspecified atom stereocenters. The predicted molar refractivity (Wildman–Crippen MR) is 64.5 cm³/mol. The van der Waals surface area contributed by atoms with E-state index in [-0.39, 0.29) is 0 Å². The summed E-state index contributed by atoms with van der Waals surface area (Å²) in [7, 11) is 0. The Morgan fingerprint density at radius 3 is 2.44 bits per heavy atom. The summed E-state index contributed by atoms with van der Waals surface area (Å²) >= 11 is 11.6. The molecule has 0 saturated heterocycles. The van der Waals surface area contributed by atoms with E-state index in [9.17, 15) is 0 Å². The van der Waals surface area contributed by atoms with Crippen molar-refractivity contribution in [3.8, 4) is 11.8 Å². The molecular formula is C12H6Cl2N2. The Kier molecular flexibility index (Phi) is 3.40. The Bertz CT molecular complexity index is 553. The van der Waals surface area contributed by atoms with Gasteiger partial charge in [-0.2, -0.15) is 0 Å². The summed E-state index contributed by atoms with van der Waals surface area (Å²) in [4.78, 5) is 7.69. The van der Waals surface area contributed by atoms with Crippen LogP contribution in [0.15, 0.2) is 36.8 Å². The van der Waals surface area contributed by atoms with Gasteiger partial charge in [0.2, 0.25) is 0 Å². The lowest BCUT2D eigenvalue weighted by Crippen LogP contribution is -1.84. The molecule has 0 aliphatic rings. The molecule has 0 spiro atoms. The average Bonchev–Trinajstić information content (AvgIpc) is 2.30. The van der Waals surface area contributed by atoms with E-state index in [1.54, 1.807) is 18.3 Å². The highest BCUT2D eigenvalue weighted by Gasteiger charge is 1.95. The van der Waals surface area contributed by atoms with Gasteiger partial charge in [-0.15, -0.1) is 0 Å². The Morgan fingerprint density at radius 2 is 1.75 bits per heavy atom. The number of hydrogen-bond acceptors (Lipinski definition) is 2. The van der Waals surface area contributed by atoms with Gasteiger partial charge in [-0.3, -0.25) is 0 Å². The molecule has 0 N–H and O–H groups in total. The number of rotatable bonds is 0. The number of hydrogen-bond donors (Lipinski definition) is 0. The van der Waals surface area contributed by atoms with Crippen molar-refractivity contribution < 1.29 is 0 Å². The van der Waals surface area contributed by atoms with Crippen LogP contribution in [0, 0.1) is 11.8 Å². The maximum absolute atomic E-state index is 5.84. The third kappa shape index (κ3) is 2.73. The van der Waals surface area contributed by atoms with Crippen molar-refractivity contribution in [2.75, 3.05) is 0 Å². The van der Waals surface area contributed by atoms with Gasteiger partial charge in [0.1, 0.15) is 11.5 Å². The summed E-state index contributed by atoms with van der Waals surface area (Å²) in [5.74, 6) is 5.85. The van der Waals surface area contributed by atoms with Crippen LogP contribution < -0.4 is 0 Å². The first-order valence-corrected chi connectivity index (χ1v) is 5.24. The van der Waals surface area contributed by atoms with Crippen molar-refractivity contribution in [2.45, 2.75) is 0 Å². The molecule has 16 heavy (non-hydrogen) atoms. The molecule has 78 valence electrons. The number of halogens is 2. The second-order valence-corrected chi connectivity index (χ2v) is 3.78. The number of nitrogens with zero attached hydrogens (tertiary/aromatic N) is 2. The predicted octanol–water partition coefficient (Wildman–Crippen LogP) is 3.18. The Morgan fingerprint density at radius 1 is 1.00 bits per heavy atom. The zero-order valence-corrected chi connectivity index (χ0v) is 9.63. The molecule has 0 saturated carbocycles. The summed E-state index contributed by atoms with van der Waals surface area (Å²) < 4.78 is 0. The topological polar surface area (TPSA) is 25.8 Å². The maximum atomic E-state index is 5.84. The molecule has 1 heterocycles. The van der Waals surface area contributed by atoms with Gasteiger partial charge in [0.15, 0.2) is 0 Å². The summed E-state index contributed by atoms with van der Waals surface area (Å²) in [6.07, 6.45) is 2.97. The van der Waals surface area contributed by atoms with E-state index in [0.717, 1.165) is 5.56 Å². The minimum absolute atomic E-state index is 0.358. The Hall–Kier alpha value is -1.56. The Balaban J connectivity index is 2.29. The van der Waals surface area contributed by atoms with E-state index in [1.807, 2.05) is 12.1 Å². The van der Waals surface area contributed by atoms with Crippen molar-refractivity contribution in [1.29, 1.82) is 0 Å². The highest BCUT2D eigenvalue weighted by atomic mass is 35.5. The van der Waals surface area contributed by atoms with Gasteiger partial charge in [0.05, 0.1) is 5.56 Å². The standard InChI is InChI=1S/C12H6Cl2N2/c13-11-5-2-9(3-6-11)1-4-10-7-15-8-16-12(10)14/h2-3,5-8H. The largest absolute Gasteiger partial charge is 0.243 e. The monoisotopic (exact) mass is 248 g/mol. The molecule has 4 heteroatoms. The summed E-state index contributed by atoms with van der Waals surface area (Å²) in [6.45, 7) is 0. The fraction of sp³-hybridized carbons (Fsp3) is 0. The molecular weight excluding hydrogens is 243 g/mol. The zero-order valence-electron chi connectivity index (χ0n) is 8.11. The highest BCUT2D eigenvalue weighted by molar-refractivity contribution is 6.30. The van der Waals surface area contributed by atoms with E-state index in [4.69, 9.17) is 23.2 Å². The van der Waals surface area contributed by atoms with Crippen LogP contribution in [0.5, 0.6) is 0 Å². The van der Waals surface area contributed by atoms with Gasteiger partial charge in [0, 0.05) is 16.8 Å². The molecule has 0 aliphatic heterocycles. The molecule has 1 aromatic heterocycles. The molecule has 0 radical (unpaired) electrons. The van der Waals surface area contributed by atoms with Crippen molar-refractivity contribution in [3.63, 3.8) is 0 Å². The molecule has 0 bridgehead atoms. The molecule has 2 aromatic rings. The zero-order chi connectivity index (χ0) is 11.4.